The minimum atomic E-state index is 0.0563. The van der Waals surface area contributed by atoms with Gasteiger partial charge in [0.25, 0.3) is 6.71 Å². The van der Waals surface area contributed by atoms with E-state index in [1.165, 1.54) is 99.3 Å². The zero-order valence-electron chi connectivity index (χ0n) is 26.5. The summed E-state index contributed by atoms with van der Waals surface area (Å²) in [6.45, 7) is 9.39. The Morgan fingerprint density at radius 1 is 0.591 bits per heavy atom. The third kappa shape index (κ3) is 4.40. The molecule has 2 heterocycles. The Morgan fingerprint density at radius 2 is 1.14 bits per heavy atom. The van der Waals surface area contributed by atoms with Crippen molar-refractivity contribution < 1.29 is 0 Å². The van der Waals surface area contributed by atoms with Crippen molar-refractivity contribution in [1.82, 2.24) is 0 Å². The van der Waals surface area contributed by atoms with E-state index in [0.29, 0.717) is 5.92 Å². The van der Waals surface area contributed by atoms with Crippen LogP contribution in [0.4, 0.5) is 34.1 Å². The molecule has 1 fully saturated rings. The first-order chi connectivity index (χ1) is 21.4. The van der Waals surface area contributed by atoms with Gasteiger partial charge in [-0.05, 0) is 107 Å². The van der Waals surface area contributed by atoms with Crippen molar-refractivity contribution in [1.29, 1.82) is 0 Å². The predicted octanol–water partition coefficient (Wildman–Crippen LogP) is 9.42. The SMILES string of the molecule is Cc1ccc2c(c1)B1c3cc(C(C)(C)C)ccc3N(c3ccccc3)c3cc(C4CCCCC4)cc(c31)N2c1ccccc1. The first-order valence-electron chi connectivity index (χ1n) is 16.5. The van der Waals surface area contributed by atoms with Crippen LogP contribution in [0.2, 0.25) is 0 Å². The van der Waals surface area contributed by atoms with Gasteiger partial charge in [0.1, 0.15) is 0 Å². The zero-order valence-corrected chi connectivity index (χ0v) is 26.5. The molecule has 0 N–H and O–H groups in total. The molecule has 0 saturated heterocycles. The lowest BCUT2D eigenvalue weighted by Gasteiger charge is -2.45. The fourth-order valence-corrected chi connectivity index (χ4v) is 7.99. The van der Waals surface area contributed by atoms with Crippen molar-refractivity contribution in [3.8, 4) is 0 Å². The highest BCUT2D eigenvalue weighted by molar-refractivity contribution is 7.00. The van der Waals surface area contributed by atoms with Crippen LogP contribution in [0.3, 0.4) is 0 Å². The Kier molecular flexibility index (Phi) is 6.48. The minimum absolute atomic E-state index is 0.0563. The average Bonchev–Trinajstić information content (AvgIpc) is 3.05. The van der Waals surface area contributed by atoms with Gasteiger partial charge < -0.3 is 9.80 Å². The molecule has 5 aromatic rings. The number of para-hydroxylation sites is 2. The van der Waals surface area contributed by atoms with Gasteiger partial charge in [0.2, 0.25) is 0 Å². The average molecular weight is 573 g/mol. The van der Waals surface area contributed by atoms with Crippen molar-refractivity contribution in [2.75, 3.05) is 9.80 Å². The minimum Gasteiger partial charge on any atom is -0.311 e. The fraction of sp³-hybridized carbons (Fsp3) is 0.268. The molecule has 218 valence electrons. The van der Waals surface area contributed by atoms with Gasteiger partial charge in [0.05, 0.1) is 0 Å². The number of nitrogens with zero attached hydrogens (tertiary/aromatic N) is 2. The van der Waals surface area contributed by atoms with E-state index in [9.17, 15) is 0 Å². The number of hydrogen-bond donors (Lipinski definition) is 0. The quantitative estimate of drug-likeness (QED) is 0.195. The summed E-state index contributed by atoms with van der Waals surface area (Å²) >= 11 is 0. The number of rotatable bonds is 3. The number of benzene rings is 5. The van der Waals surface area contributed by atoms with Crippen LogP contribution in [0.5, 0.6) is 0 Å². The molecule has 1 saturated carbocycles. The normalized spacial score (nSPS) is 16.0. The second-order valence-electron chi connectivity index (χ2n) is 14.2. The van der Waals surface area contributed by atoms with E-state index in [0.717, 1.165) is 0 Å². The first kappa shape index (κ1) is 27.3. The second kappa shape index (κ2) is 10.4. The largest absolute Gasteiger partial charge is 0.311 e. The van der Waals surface area contributed by atoms with Gasteiger partial charge in [-0.2, -0.15) is 0 Å². The Labute approximate surface area is 263 Å². The molecule has 5 aromatic carbocycles. The maximum absolute atomic E-state index is 2.57. The molecule has 0 aromatic heterocycles. The standard InChI is InChI=1S/C41H41BN2/c1-28-20-22-36-34(24-28)42-35-27-31(41(2,3)4)21-23-37(35)44(33-18-12-7-13-19-33)39-26-30(29-14-8-5-9-15-29)25-38(40(39)42)43(36)32-16-10-6-11-17-32/h6-7,10-13,16-27,29H,5,8-9,14-15H2,1-4H3. The van der Waals surface area contributed by atoms with Crippen LogP contribution in [0.1, 0.15) is 75.5 Å². The van der Waals surface area contributed by atoms with Crippen LogP contribution in [0.15, 0.2) is 109 Å². The summed E-state index contributed by atoms with van der Waals surface area (Å²) < 4.78 is 0. The Hall–Kier alpha value is -4.24. The van der Waals surface area contributed by atoms with Gasteiger partial charge in [-0.25, -0.2) is 0 Å². The molecule has 0 unspecified atom stereocenters. The second-order valence-corrected chi connectivity index (χ2v) is 14.2. The number of hydrogen-bond acceptors (Lipinski definition) is 2. The van der Waals surface area contributed by atoms with E-state index < -0.39 is 0 Å². The van der Waals surface area contributed by atoms with Crippen LogP contribution < -0.4 is 26.2 Å². The van der Waals surface area contributed by atoms with Gasteiger partial charge in [-0.1, -0.05) is 106 Å². The van der Waals surface area contributed by atoms with E-state index >= 15 is 0 Å². The van der Waals surface area contributed by atoms with E-state index in [2.05, 4.69) is 147 Å². The van der Waals surface area contributed by atoms with Crippen molar-refractivity contribution in [2.45, 2.75) is 71.1 Å². The Balaban J connectivity index is 1.49. The molecular formula is C41H41BN2. The number of anilines is 6. The highest BCUT2D eigenvalue weighted by Crippen LogP contribution is 2.47. The smallest absolute Gasteiger partial charge is 0.252 e. The summed E-state index contributed by atoms with van der Waals surface area (Å²) in [5, 5.41) is 0. The summed E-state index contributed by atoms with van der Waals surface area (Å²) in [6, 6.07) is 41.6. The Bertz CT molecular complexity index is 1830. The molecule has 3 aliphatic rings. The third-order valence-electron chi connectivity index (χ3n) is 10.2. The van der Waals surface area contributed by atoms with Gasteiger partial charge in [0.15, 0.2) is 0 Å². The molecule has 1 aliphatic carbocycles. The molecule has 0 atom stereocenters. The van der Waals surface area contributed by atoms with E-state index in [1.54, 1.807) is 0 Å². The summed E-state index contributed by atoms with van der Waals surface area (Å²) in [5.41, 5.74) is 16.2. The lowest BCUT2D eigenvalue weighted by Crippen LogP contribution is -2.61. The van der Waals surface area contributed by atoms with Crippen LogP contribution in [-0.2, 0) is 5.41 Å². The highest BCUT2D eigenvalue weighted by Gasteiger charge is 2.44. The lowest BCUT2D eigenvalue weighted by atomic mass is 9.33. The molecule has 2 aliphatic heterocycles. The van der Waals surface area contributed by atoms with Crippen LogP contribution >= 0.6 is 0 Å². The van der Waals surface area contributed by atoms with Gasteiger partial charge in [-0.3, -0.25) is 0 Å². The number of fused-ring (bicyclic) bond motifs is 4. The van der Waals surface area contributed by atoms with Gasteiger partial charge >= 0.3 is 0 Å². The van der Waals surface area contributed by atoms with Crippen molar-refractivity contribution in [2.24, 2.45) is 0 Å². The molecule has 44 heavy (non-hydrogen) atoms. The third-order valence-corrected chi connectivity index (χ3v) is 10.2. The maximum Gasteiger partial charge on any atom is 0.252 e. The monoisotopic (exact) mass is 572 g/mol. The molecule has 0 amide bonds. The van der Waals surface area contributed by atoms with Crippen LogP contribution in [-0.4, -0.2) is 6.71 Å². The van der Waals surface area contributed by atoms with Gasteiger partial charge in [-0.15, -0.1) is 0 Å². The molecule has 8 rings (SSSR count). The van der Waals surface area contributed by atoms with Crippen LogP contribution in [0, 0.1) is 6.92 Å². The highest BCUT2D eigenvalue weighted by atomic mass is 15.2. The Morgan fingerprint density at radius 3 is 1.70 bits per heavy atom. The van der Waals surface area contributed by atoms with Crippen molar-refractivity contribution in [3.05, 3.63) is 126 Å². The molecule has 0 radical (unpaired) electrons. The lowest BCUT2D eigenvalue weighted by molar-refractivity contribution is 0.444. The summed E-state index contributed by atoms with van der Waals surface area (Å²) in [6.07, 6.45) is 6.56. The van der Waals surface area contributed by atoms with E-state index in [4.69, 9.17) is 0 Å². The summed E-state index contributed by atoms with van der Waals surface area (Å²) in [5.74, 6) is 0.600. The van der Waals surface area contributed by atoms with E-state index in [1.807, 2.05) is 0 Å². The predicted molar refractivity (Wildman–Crippen MR) is 190 cm³/mol. The molecule has 3 heteroatoms. The molecular weight excluding hydrogens is 531 g/mol. The maximum atomic E-state index is 2.57. The van der Waals surface area contributed by atoms with E-state index in [-0.39, 0.29) is 12.1 Å². The van der Waals surface area contributed by atoms with Gasteiger partial charge in [0, 0.05) is 34.1 Å². The number of aryl methyl sites for hydroxylation is 1. The topological polar surface area (TPSA) is 6.48 Å². The molecule has 2 nitrogen and oxygen atoms in total. The molecule has 0 spiro atoms. The summed E-state index contributed by atoms with van der Waals surface area (Å²) in [4.78, 5) is 5.12. The molecule has 0 bridgehead atoms. The van der Waals surface area contributed by atoms with Crippen LogP contribution in [0.25, 0.3) is 0 Å². The van der Waals surface area contributed by atoms with Crippen molar-refractivity contribution in [3.63, 3.8) is 0 Å². The van der Waals surface area contributed by atoms with Crippen molar-refractivity contribution >= 4 is 57.2 Å². The zero-order chi connectivity index (χ0) is 30.0. The fourth-order valence-electron chi connectivity index (χ4n) is 7.99. The first-order valence-corrected chi connectivity index (χ1v) is 16.5. The summed E-state index contributed by atoms with van der Waals surface area (Å²) in [7, 11) is 0.